The quantitative estimate of drug-likeness (QED) is 0.524. The molecule has 0 amide bonds. The lowest BCUT2D eigenvalue weighted by atomic mass is 10.1. The van der Waals surface area contributed by atoms with Crippen molar-refractivity contribution in [1.29, 1.82) is 0 Å². The summed E-state index contributed by atoms with van der Waals surface area (Å²) in [4.78, 5) is 15.0. The predicted molar refractivity (Wildman–Crippen MR) is 88.3 cm³/mol. The number of rotatable bonds is 2. The van der Waals surface area contributed by atoms with Crippen molar-refractivity contribution in [3.05, 3.63) is 58.0 Å². The number of nitrogens with zero attached hydrogens (tertiary/aromatic N) is 1. The summed E-state index contributed by atoms with van der Waals surface area (Å²) < 4.78 is 2.05. The summed E-state index contributed by atoms with van der Waals surface area (Å²) >= 11 is 0. The molecule has 0 saturated heterocycles. The molecule has 3 heterocycles. The number of H-pyrrole nitrogens is 2. The molecule has 0 radical (unpaired) electrons. The van der Waals surface area contributed by atoms with Crippen LogP contribution in [0.2, 0.25) is 0 Å². The number of aromatic nitrogens is 3. The van der Waals surface area contributed by atoms with Crippen molar-refractivity contribution in [1.82, 2.24) is 9.50 Å². The zero-order valence-electron chi connectivity index (χ0n) is 13.1. The molecule has 4 rings (SSSR count). The molecule has 0 saturated carbocycles. The van der Waals surface area contributed by atoms with Crippen molar-refractivity contribution in [2.75, 3.05) is 0 Å². The summed E-state index contributed by atoms with van der Waals surface area (Å²) in [5.74, 6) is 0. The van der Waals surface area contributed by atoms with Gasteiger partial charge in [0.1, 0.15) is 5.52 Å². The van der Waals surface area contributed by atoms with E-state index in [-0.39, 0.29) is 22.4 Å². The molecule has 0 bridgehead atoms. The van der Waals surface area contributed by atoms with Crippen LogP contribution in [0.3, 0.4) is 0 Å². The lowest BCUT2D eigenvalue weighted by Gasteiger charge is -2.04. The van der Waals surface area contributed by atoms with Crippen molar-refractivity contribution in [2.45, 2.75) is 26.7 Å². The van der Waals surface area contributed by atoms with Crippen molar-refractivity contribution in [2.24, 2.45) is 0 Å². The topological polar surface area (TPSA) is 51.4 Å². The first-order valence-corrected chi connectivity index (χ1v) is 7.72. The Morgan fingerprint density at radius 3 is 2.65 bits per heavy atom. The second-order valence-corrected chi connectivity index (χ2v) is 5.66. The van der Waals surface area contributed by atoms with Crippen LogP contribution in [0.1, 0.15) is 25.1 Å². The van der Waals surface area contributed by atoms with Gasteiger partial charge in [-0.25, -0.2) is 0 Å². The van der Waals surface area contributed by atoms with Crippen LogP contribution in [0.15, 0.2) is 41.3 Å². The average molecular weight is 372 g/mol. The van der Waals surface area contributed by atoms with Crippen molar-refractivity contribution < 1.29 is 22.1 Å². The Labute approximate surface area is 143 Å². The molecule has 0 aliphatic heterocycles. The fourth-order valence-electron chi connectivity index (χ4n) is 3.25. The van der Waals surface area contributed by atoms with Gasteiger partial charge < -0.3 is 22.0 Å². The molecule has 0 fully saturated rings. The summed E-state index contributed by atoms with van der Waals surface area (Å²) in [6, 6.07) is 9.52. The van der Waals surface area contributed by atoms with Crippen molar-refractivity contribution >= 4 is 27.3 Å². The Hall–Kier alpha value is -2.14. The predicted octanol–water partition coefficient (Wildman–Crippen LogP) is -0.123. The lowest BCUT2D eigenvalue weighted by molar-refractivity contribution is -0.480. The third-order valence-corrected chi connectivity index (χ3v) is 4.40. The lowest BCUT2D eigenvalue weighted by Crippen LogP contribution is -3.00. The zero-order valence-corrected chi connectivity index (χ0v) is 14.7. The van der Waals surface area contributed by atoms with Gasteiger partial charge in [-0.3, -0.25) is 4.79 Å². The highest BCUT2D eigenvalue weighted by Gasteiger charge is 2.14. The minimum atomic E-state index is 0. The van der Waals surface area contributed by atoms with E-state index in [0.29, 0.717) is 0 Å². The molecule has 0 unspecified atom stereocenters. The maximum absolute atomic E-state index is 11.6. The van der Waals surface area contributed by atoms with Crippen LogP contribution < -0.4 is 27.5 Å². The number of fused-ring (bicyclic) bond motifs is 5. The first-order valence-electron chi connectivity index (χ1n) is 7.72. The van der Waals surface area contributed by atoms with E-state index >= 15 is 0 Å². The number of hydrogen-bond acceptors (Lipinski definition) is 1. The van der Waals surface area contributed by atoms with Crippen LogP contribution in [0.25, 0.3) is 27.3 Å². The number of nitrogens with one attached hydrogen (secondary N) is 2. The third-order valence-electron chi connectivity index (χ3n) is 4.40. The smallest absolute Gasteiger partial charge is 0.206 e. The average Bonchev–Trinajstić information content (AvgIpc) is 2.91. The highest BCUT2D eigenvalue weighted by Crippen LogP contribution is 2.27. The molecule has 118 valence electrons. The monoisotopic (exact) mass is 371 g/mol. The summed E-state index contributed by atoms with van der Waals surface area (Å²) in [6.07, 6.45) is 4.03. The second-order valence-electron chi connectivity index (χ2n) is 5.66. The Morgan fingerprint density at radius 2 is 1.91 bits per heavy atom. The number of pyridine rings is 1. The van der Waals surface area contributed by atoms with Crippen LogP contribution in [-0.4, -0.2) is 9.50 Å². The van der Waals surface area contributed by atoms with Gasteiger partial charge in [-0.1, -0.05) is 13.8 Å². The molecule has 23 heavy (non-hydrogen) atoms. The summed E-state index contributed by atoms with van der Waals surface area (Å²) in [5.41, 5.74) is 5.70. The van der Waals surface area contributed by atoms with E-state index in [2.05, 4.69) is 42.3 Å². The van der Waals surface area contributed by atoms with E-state index in [4.69, 9.17) is 0 Å². The van der Waals surface area contributed by atoms with Gasteiger partial charge in [0.05, 0.1) is 17.2 Å². The van der Waals surface area contributed by atoms with E-state index in [9.17, 15) is 4.79 Å². The van der Waals surface area contributed by atoms with E-state index in [1.165, 1.54) is 11.3 Å². The largest absolute Gasteiger partial charge is 1.00 e. The third kappa shape index (κ3) is 2.36. The number of halogens is 1. The SMILES string of the molecule is CCc1cc2c3[nH]c4cc(=O)ccc4c3ccn2[nH+]c1CC.[Br-]. The van der Waals surface area contributed by atoms with Crippen LogP contribution in [0.4, 0.5) is 0 Å². The Kier molecular flexibility index (Phi) is 3.98. The normalized spacial score (nSPS) is 11.2. The highest BCUT2D eigenvalue weighted by molar-refractivity contribution is 6.11. The standard InChI is InChI=1S/C18H17N3O.BrH/c1-3-11-9-17-18-14(7-8-21(17)20-15(11)4-2)13-6-5-12(22)10-16(13)19-18;/h5-10,19H,3-4H2,1-2H3;1H. The van der Waals surface area contributed by atoms with Crippen LogP contribution in [0.5, 0.6) is 0 Å². The van der Waals surface area contributed by atoms with E-state index in [1.807, 2.05) is 10.6 Å². The molecule has 0 aliphatic carbocycles. The molecule has 3 aromatic heterocycles. The van der Waals surface area contributed by atoms with Crippen molar-refractivity contribution in [3.8, 4) is 0 Å². The van der Waals surface area contributed by atoms with Gasteiger partial charge in [0.15, 0.2) is 5.43 Å². The Balaban J connectivity index is 0.00000156. The number of aromatic amines is 2. The minimum absolute atomic E-state index is 0. The van der Waals surface area contributed by atoms with Crippen LogP contribution in [0, 0.1) is 0 Å². The molecule has 0 spiro atoms. The van der Waals surface area contributed by atoms with Gasteiger partial charge in [-0.2, -0.15) is 0 Å². The van der Waals surface area contributed by atoms with E-state index < -0.39 is 0 Å². The molecule has 2 N–H and O–H groups in total. The molecular formula is C18H18BrN3O. The van der Waals surface area contributed by atoms with E-state index in [0.717, 1.165) is 40.2 Å². The molecular weight excluding hydrogens is 354 g/mol. The van der Waals surface area contributed by atoms with Crippen LogP contribution in [-0.2, 0) is 12.8 Å². The Morgan fingerprint density at radius 1 is 1.09 bits per heavy atom. The van der Waals surface area contributed by atoms with Crippen LogP contribution >= 0.6 is 0 Å². The first kappa shape index (κ1) is 15.7. The molecule has 1 aromatic carbocycles. The fraction of sp³-hybridized carbons (Fsp3) is 0.222. The highest BCUT2D eigenvalue weighted by atomic mass is 79.9. The summed E-state index contributed by atoms with van der Waals surface area (Å²) in [6.45, 7) is 4.34. The van der Waals surface area contributed by atoms with Gasteiger partial charge in [0, 0.05) is 28.8 Å². The number of aryl methyl sites for hydroxylation is 2. The summed E-state index contributed by atoms with van der Waals surface area (Å²) in [7, 11) is 0. The van der Waals surface area contributed by atoms with Gasteiger partial charge >= 0.3 is 0 Å². The minimum Gasteiger partial charge on any atom is -1.00 e. The number of hydrogen-bond donors (Lipinski definition) is 1. The maximum atomic E-state index is 11.6. The second kappa shape index (κ2) is 5.81. The first-order chi connectivity index (χ1) is 10.7. The molecule has 5 heteroatoms. The van der Waals surface area contributed by atoms with Gasteiger partial charge in [0.25, 0.3) is 0 Å². The van der Waals surface area contributed by atoms with E-state index in [1.54, 1.807) is 12.1 Å². The number of benzene rings is 1. The Bertz CT molecular complexity index is 1080. The molecule has 0 aliphatic rings. The molecule has 4 aromatic rings. The van der Waals surface area contributed by atoms with Gasteiger partial charge in [0.2, 0.25) is 5.69 Å². The van der Waals surface area contributed by atoms with Gasteiger partial charge in [-0.05, 0) is 30.7 Å². The zero-order chi connectivity index (χ0) is 15.3. The summed E-state index contributed by atoms with van der Waals surface area (Å²) in [5, 5.41) is 5.72. The van der Waals surface area contributed by atoms with Gasteiger partial charge in [-0.15, -0.1) is 9.61 Å². The maximum Gasteiger partial charge on any atom is 0.206 e. The van der Waals surface area contributed by atoms with Crippen molar-refractivity contribution in [3.63, 3.8) is 0 Å². The molecule has 4 nitrogen and oxygen atoms in total. The molecule has 0 atom stereocenters. The fourth-order valence-corrected chi connectivity index (χ4v) is 3.25.